The molecule has 3 N–H and O–H groups in total. The molecule has 0 spiro atoms. The maximum atomic E-state index is 8.76. The van der Waals surface area contributed by atoms with Gasteiger partial charge in [-0.1, -0.05) is 127 Å². The first-order valence-corrected chi connectivity index (χ1v) is 11.7. The molecule has 0 bridgehead atoms. The van der Waals surface area contributed by atoms with E-state index in [4.69, 9.17) is 11.1 Å². The second kappa shape index (κ2) is 10.1. The van der Waals surface area contributed by atoms with Crippen molar-refractivity contribution in [3.8, 4) is 33.4 Å². The number of nitrogens with one attached hydrogen (secondary N) is 1. The molecule has 0 aliphatic heterocycles. The van der Waals surface area contributed by atoms with Crippen LogP contribution in [0, 0.1) is 5.41 Å². The minimum Gasteiger partial charge on any atom is -0.398 e. The Bertz CT molecular complexity index is 1480. The number of benzene rings is 5. The van der Waals surface area contributed by atoms with E-state index in [1.54, 1.807) is 6.08 Å². The highest BCUT2D eigenvalue weighted by molar-refractivity contribution is 6.11. The lowest BCUT2D eigenvalue weighted by Crippen LogP contribution is -2.03. The molecule has 0 unspecified atom stereocenters. The molecule has 5 aromatic carbocycles. The van der Waals surface area contributed by atoms with E-state index in [0.717, 1.165) is 33.4 Å². The molecular formula is C33H26N2. The predicted octanol–water partition coefficient (Wildman–Crippen LogP) is 8.06. The molecule has 0 aliphatic rings. The molecule has 2 heteroatoms. The normalized spacial score (nSPS) is 11.3. The van der Waals surface area contributed by atoms with Crippen LogP contribution in [-0.2, 0) is 0 Å². The highest BCUT2D eigenvalue weighted by Crippen LogP contribution is 2.38. The van der Waals surface area contributed by atoms with Crippen LogP contribution in [0.25, 0.3) is 39.1 Å². The van der Waals surface area contributed by atoms with Gasteiger partial charge in [-0.15, -0.1) is 0 Å². The van der Waals surface area contributed by atoms with Gasteiger partial charge in [0.2, 0.25) is 0 Å². The molecule has 0 aromatic heterocycles. The van der Waals surface area contributed by atoms with Gasteiger partial charge in [-0.2, -0.15) is 0 Å². The van der Waals surface area contributed by atoms with Gasteiger partial charge in [0.1, 0.15) is 0 Å². The average molecular weight is 451 g/mol. The lowest BCUT2D eigenvalue weighted by atomic mass is 9.88. The number of allylic oxidation sites excluding steroid dienone is 1. The van der Waals surface area contributed by atoms with Crippen LogP contribution in [0.2, 0.25) is 0 Å². The smallest absolute Gasteiger partial charge is 0.0633 e. The molecule has 0 aliphatic carbocycles. The van der Waals surface area contributed by atoms with E-state index >= 15 is 0 Å². The Balaban J connectivity index is 1.63. The molecular weight excluding hydrogens is 424 g/mol. The minimum atomic E-state index is 0.381. The largest absolute Gasteiger partial charge is 0.398 e. The van der Waals surface area contributed by atoms with Gasteiger partial charge in [-0.3, -0.25) is 0 Å². The number of rotatable bonds is 6. The third kappa shape index (κ3) is 4.83. The fraction of sp³-hybridized carbons (Fsp3) is 0. The molecule has 0 atom stereocenters. The van der Waals surface area contributed by atoms with Gasteiger partial charge in [0.05, 0.1) is 5.71 Å². The quantitative estimate of drug-likeness (QED) is 0.253. The minimum absolute atomic E-state index is 0.381. The van der Waals surface area contributed by atoms with Crippen molar-refractivity contribution in [3.63, 3.8) is 0 Å². The maximum absolute atomic E-state index is 8.76. The Morgan fingerprint density at radius 3 is 1.60 bits per heavy atom. The Morgan fingerprint density at radius 2 is 0.971 bits per heavy atom. The maximum Gasteiger partial charge on any atom is 0.0633 e. The van der Waals surface area contributed by atoms with Crippen LogP contribution in [0.1, 0.15) is 11.1 Å². The van der Waals surface area contributed by atoms with Crippen LogP contribution in [-0.4, -0.2) is 5.71 Å². The zero-order valence-corrected chi connectivity index (χ0v) is 19.4. The molecule has 0 fully saturated rings. The summed E-state index contributed by atoms with van der Waals surface area (Å²) in [7, 11) is 0. The van der Waals surface area contributed by atoms with Crippen molar-refractivity contribution < 1.29 is 0 Å². The third-order valence-electron chi connectivity index (χ3n) is 6.12. The Labute approximate surface area is 206 Å². The standard InChI is InChI=1S/C33H26N2/c34-32(26-16-8-3-9-17-26)23-33(35)27-20-21-30(31(22-27)25-14-6-2-7-15-25)29-19-11-10-18-28(29)24-12-4-1-5-13-24/h1-23,35H,34H2. The van der Waals surface area contributed by atoms with Crippen molar-refractivity contribution in [1.29, 1.82) is 5.41 Å². The molecule has 0 saturated heterocycles. The molecule has 0 saturated carbocycles. The van der Waals surface area contributed by atoms with E-state index in [1.165, 1.54) is 11.1 Å². The molecule has 5 rings (SSSR count). The van der Waals surface area contributed by atoms with Crippen LogP contribution in [0.4, 0.5) is 0 Å². The van der Waals surface area contributed by atoms with E-state index < -0.39 is 0 Å². The van der Waals surface area contributed by atoms with Gasteiger partial charge in [0.25, 0.3) is 0 Å². The van der Waals surface area contributed by atoms with Crippen molar-refractivity contribution in [2.45, 2.75) is 0 Å². The summed E-state index contributed by atoms with van der Waals surface area (Å²) in [6.07, 6.45) is 1.73. The van der Waals surface area contributed by atoms with Crippen LogP contribution in [0.5, 0.6) is 0 Å². The Kier molecular flexibility index (Phi) is 6.36. The summed E-state index contributed by atoms with van der Waals surface area (Å²) in [6.45, 7) is 0. The fourth-order valence-electron chi connectivity index (χ4n) is 4.34. The van der Waals surface area contributed by atoms with E-state index in [0.29, 0.717) is 11.4 Å². The second-order valence-electron chi connectivity index (χ2n) is 8.42. The van der Waals surface area contributed by atoms with Crippen LogP contribution in [0.15, 0.2) is 140 Å². The number of hydrogen-bond donors (Lipinski definition) is 2. The summed E-state index contributed by atoms with van der Waals surface area (Å²) in [5.41, 5.74) is 15.9. The topological polar surface area (TPSA) is 49.9 Å². The zero-order valence-electron chi connectivity index (χ0n) is 19.4. The highest BCUT2D eigenvalue weighted by atomic mass is 14.6. The summed E-state index contributed by atoms with van der Waals surface area (Å²) in [5, 5.41) is 8.76. The van der Waals surface area contributed by atoms with Crippen molar-refractivity contribution in [1.82, 2.24) is 0 Å². The molecule has 35 heavy (non-hydrogen) atoms. The Hall–Kier alpha value is -4.69. The lowest BCUT2D eigenvalue weighted by molar-refractivity contribution is 1.47. The first kappa shape index (κ1) is 22.1. The summed E-state index contributed by atoms with van der Waals surface area (Å²) in [6, 6.07) is 45.3. The third-order valence-corrected chi connectivity index (χ3v) is 6.12. The van der Waals surface area contributed by atoms with Crippen molar-refractivity contribution in [3.05, 3.63) is 151 Å². The van der Waals surface area contributed by atoms with Crippen LogP contribution >= 0.6 is 0 Å². The zero-order chi connectivity index (χ0) is 24.0. The first-order chi connectivity index (χ1) is 17.2. The van der Waals surface area contributed by atoms with Crippen molar-refractivity contribution in [2.24, 2.45) is 5.73 Å². The van der Waals surface area contributed by atoms with E-state index in [9.17, 15) is 0 Å². The molecule has 0 amide bonds. The first-order valence-electron chi connectivity index (χ1n) is 11.7. The van der Waals surface area contributed by atoms with Gasteiger partial charge in [-0.25, -0.2) is 0 Å². The van der Waals surface area contributed by atoms with Gasteiger partial charge >= 0.3 is 0 Å². The summed E-state index contributed by atoms with van der Waals surface area (Å²) < 4.78 is 0. The van der Waals surface area contributed by atoms with Crippen molar-refractivity contribution >= 4 is 11.4 Å². The second-order valence-corrected chi connectivity index (χ2v) is 8.42. The molecule has 5 aromatic rings. The average Bonchev–Trinajstić information content (AvgIpc) is 2.94. The molecule has 2 nitrogen and oxygen atoms in total. The Morgan fingerprint density at radius 1 is 0.486 bits per heavy atom. The number of hydrogen-bond acceptors (Lipinski definition) is 2. The van der Waals surface area contributed by atoms with Gasteiger partial charge in [-0.05, 0) is 51.1 Å². The van der Waals surface area contributed by atoms with E-state index in [1.807, 2.05) is 60.7 Å². The van der Waals surface area contributed by atoms with Gasteiger partial charge in [0, 0.05) is 11.3 Å². The monoisotopic (exact) mass is 450 g/mol. The van der Waals surface area contributed by atoms with Crippen LogP contribution in [0.3, 0.4) is 0 Å². The van der Waals surface area contributed by atoms with Crippen molar-refractivity contribution in [2.75, 3.05) is 0 Å². The molecule has 0 radical (unpaired) electrons. The van der Waals surface area contributed by atoms with E-state index in [2.05, 4.69) is 72.8 Å². The van der Waals surface area contributed by atoms with Gasteiger partial charge in [0.15, 0.2) is 0 Å². The lowest BCUT2D eigenvalue weighted by Gasteiger charge is -2.16. The highest BCUT2D eigenvalue weighted by Gasteiger charge is 2.14. The van der Waals surface area contributed by atoms with Crippen LogP contribution < -0.4 is 5.73 Å². The predicted molar refractivity (Wildman–Crippen MR) is 148 cm³/mol. The SMILES string of the molecule is N=C(C=C(N)c1ccccc1)c1ccc(-c2ccccc2-c2ccccc2)c(-c2ccccc2)c1. The van der Waals surface area contributed by atoms with E-state index in [-0.39, 0.29) is 0 Å². The molecule has 168 valence electrons. The fourth-order valence-corrected chi connectivity index (χ4v) is 4.34. The number of nitrogens with two attached hydrogens (primary N) is 1. The summed E-state index contributed by atoms with van der Waals surface area (Å²) >= 11 is 0. The molecule has 0 heterocycles. The summed E-state index contributed by atoms with van der Waals surface area (Å²) in [5.74, 6) is 0. The van der Waals surface area contributed by atoms with Gasteiger partial charge < -0.3 is 11.1 Å². The summed E-state index contributed by atoms with van der Waals surface area (Å²) in [4.78, 5) is 0.